The van der Waals surface area contributed by atoms with Crippen molar-refractivity contribution in [2.75, 3.05) is 9.80 Å². The van der Waals surface area contributed by atoms with Crippen molar-refractivity contribution in [3.63, 3.8) is 0 Å². The van der Waals surface area contributed by atoms with E-state index in [1.165, 1.54) is 130 Å². The predicted octanol–water partition coefficient (Wildman–Crippen LogP) is 21.1. The van der Waals surface area contributed by atoms with Gasteiger partial charge in [-0.15, -0.1) is 0 Å². The lowest BCUT2D eigenvalue weighted by molar-refractivity contribution is 0.442. The molecule has 0 amide bonds. The van der Waals surface area contributed by atoms with Crippen LogP contribution >= 0.6 is 0 Å². The largest absolute Gasteiger partial charge is 0.454 e. The molecule has 2 heterocycles. The Labute approximate surface area is 438 Å². The van der Waals surface area contributed by atoms with E-state index in [0.717, 1.165) is 67.2 Å². The first-order chi connectivity index (χ1) is 37.0. The van der Waals surface area contributed by atoms with Crippen LogP contribution in [0.2, 0.25) is 0 Å². The molecule has 0 N–H and O–H groups in total. The molecule has 4 nitrogen and oxygen atoms in total. The summed E-state index contributed by atoms with van der Waals surface area (Å²) in [5, 5.41) is 9.76. The number of fused-ring (bicyclic) bond motifs is 13. The normalized spacial score (nSPS) is 15.9. The van der Waals surface area contributed by atoms with Crippen molar-refractivity contribution >= 4 is 99.5 Å². The maximum atomic E-state index is 7.11. The van der Waals surface area contributed by atoms with E-state index in [4.69, 9.17) is 8.83 Å². The average Bonchev–Trinajstić information content (AvgIpc) is 4.14. The average molecular weight is 973 g/mol. The minimum Gasteiger partial charge on any atom is -0.454 e. The van der Waals surface area contributed by atoms with Crippen LogP contribution in [-0.2, 0) is 5.41 Å². The fourth-order valence-corrected chi connectivity index (χ4v) is 14.3. The first kappa shape index (κ1) is 44.4. The number of benzene rings is 10. The van der Waals surface area contributed by atoms with Gasteiger partial charge in [-0.05, 0) is 153 Å². The maximum absolute atomic E-state index is 7.11. The second-order valence-corrected chi connectivity index (χ2v) is 22.4. The second kappa shape index (κ2) is 17.5. The van der Waals surface area contributed by atoms with E-state index in [1.54, 1.807) is 0 Å². The highest BCUT2D eigenvalue weighted by Gasteiger charge is 2.39. The van der Waals surface area contributed by atoms with Gasteiger partial charge in [0, 0.05) is 49.7 Å². The molecule has 0 atom stereocenters. The third-order valence-corrected chi connectivity index (χ3v) is 17.7. The van der Waals surface area contributed by atoms with Gasteiger partial charge < -0.3 is 18.6 Å². The fourth-order valence-electron chi connectivity index (χ4n) is 14.3. The van der Waals surface area contributed by atoms with E-state index in [-0.39, 0.29) is 5.41 Å². The predicted molar refractivity (Wildman–Crippen MR) is 315 cm³/mol. The zero-order valence-electron chi connectivity index (χ0n) is 42.9. The van der Waals surface area contributed by atoms with Gasteiger partial charge in [0.15, 0.2) is 11.2 Å². The van der Waals surface area contributed by atoms with Gasteiger partial charge in [0.25, 0.3) is 0 Å². The highest BCUT2D eigenvalue weighted by atomic mass is 16.3. The Morgan fingerprint density at radius 1 is 0.347 bits per heavy atom. The summed E-state index contributed by atoms with van der Waals surface area (Å²) in [5.74, 6) is 1.09. The smallest absolute Gasteiger partial charge is 0.159 e. The molecule has 3 aliphatic carbocycles. The Balaban J connectivity index is 0.828. The van der Waals surface area contributed by atoms with E-state index in [1.807, 2.05) is 0 Å². The molecule has 0 saturated heterocycles. The first-order valence-electron chi connectivity index (χ1n) is 27.7. The third kappa shape index (κ3) is 7.02. The summed E-state index contributed by atoms with van der Waals surface area (Å²) >= 11 is 0. The number of anilines is 6. The summed E-state index contributed by atoms with van der Waals surface area (Å²) < 4.78 is 14.2. The minimum absolute atomic E-state index is 0.267. The molecule has 366 valence electrons. The van der Waals surface area contributed by atoms with Gasteiger partial charge in [-0.1, -0.05) is 186 Å². The summed E-state index contributed by atoms with van der Waals surface area (Å²) in [6.07, 6.45) is 12.8. The molecule has 12 aromatic rings. The van der Waals surface area contributed by atoms with Crippen LogP contribution in [-0.4, -0.2) is 0 Å². The molecule has 0 radical (unpaired) electrons. The monoisotopic (exact) mass is 972 g/mol. The van der Waals surface area contributed by atoms with Crippen molar-refractivity contribution < 1.29 is 8.83 Å². The molecule has 0 unspecified atom stereocenters. The van der Waals surface area contributed by atoms with E-state index >= 15 is 0 Å². The molecular weight excluding hydrogens is 913 g/mol. The molecule has 3 aliphatic rings. The minimum atomic E-state index is -0.267. The first-order valence-corrected chi connectivity index (χ1v) is 27.7. The second-order valence-electron chi connectivity index (χ2n) is 22.4. The van der Waals surface area contributed by atoms with Crippen LogP contribution in [0.4, 0.5) is 34.1 Å². The van der Waals surface area contributed by atoms with Crippen LogP contribution in [0.25, 0.3) is 76.5 Å². The third-order valence-electron chi connectivity index (χ3n) is 17.7. The topological polar surface area (TPSA) is 32.8 Å². The lowest BCUT2D eigenvalue weighted by Crippen LogP contribution is -2.16. The molecule has 0 aliphatic heterocycles. The molecule has 2 fully saturated rings. The zero-order valence-corrected chi connectivity index (χ0v) is 42.9. The van der Waals surface area contributed by atoms with Crippen LogP contribution in [0.15, 0.2) is 203 Å². The quantitative estimate of drug-likeness (QED) is 0.152. The summed E-state index contributed by atoms with van der Waals surface area (Å²) in [5.41, 5.74) is 18.3. The Hall–Kier alpha value is -8.08. The number of hydrogen-bond donors (Lipinski definition) is 0. The molecule has 10 aromatic carbocycles. The molecule has 2 aromatic heterocycles. The zero-order chi connectivity index (χ0) is 49.8. The van der Waals surface area contributed by atoms with Gasteiger partial charge in [0.05, 0.1) is 11.4 Å². The molecule has 15 rings (SSSR count). The van der Waals surface area contributed by atoms with Crippen molar-refractivity contribution in [2.24, 2.45) is 0 Å². The van der Waals surface area contributed by atoms with Crippen LogP contribution < -0.4 is 9.80 Å². The highest BCUT2D eigenvalue weighted by molar-refractivity contribution is 6.13. The Morgan fingerprint density at radius 3 is 1.17 bits per heavy atom. The number of hydrogen-bond acceptors (Lipinski definition) is 4. The van der Waals surface area contributed by atoms with Crippen LogP contribution in [0.3, 0.4) is 0 Å². The van der Waals surface area contributed by atoms with E-state index < -0.39 is 0 Å². The van der Waals surface area contributed by atoms with Crippen LogP contribution in [0.5, 0.6) is 0 Å². The summed E-state index contributed by atoms with van der Waals surface area (Å²) in [7, 11) is 0. The van der Waals surface area contributed by atoms with Crippen molar-refractivity contribution in [2.45, 2.75) is 95.3 Å². The lowest BCUT2D eigenvalue weighted by atomic mass is 9.78. The SMILES string of the molecule is CC1(C)c2c(ccc3cc(N(c4ccccc4)c4cccc5c4oc4c(C6CCCCC6)cccc45)ccc23)-c2ccc3cc(N(c4ccccc4)c4cccc5c4oc4c(C6CCCCC6)cccc45)ccc3c21. The summed E-state index contributed by atoms with van der Waals surface area (Å²) in [6.45, 7) is 4.86. The lowest BCUT2D eigenvalue weighted by Gasteiger charge is -2.28. The molecule has 0 bridgehead atoms. The van der Waals surface area contributed by atoms with Crippen LogP contribution in [0.1, 0.15) is 112 Å². The van der Waals surface area contributed by atoms with Gasteiger partial charge >= 0.3 is 0 Å². The Morgan fingerprint density at radius 2 is 0.747 bits per heavy atom. The molecular formula is C71H60N2O2. The van der Waals surface area contributed by atoms with Gasteiger partial charge in [-0.3, -0.25) is 0 Å². The van der Waals surface area contributed by atoms with Crippen molar-refractivity contribution in [3.8, 4) is 11.1 Å². The van der Waals surface area contributed by atoms with Gasteiger partial charge in [0.2, 0.25) is 0 Å². The van der Waals surface area contributed by atoms with Gasteiger partial charge in [-0.2, -0.15) is 0 Å². The Bertz CT molecular complexity index is 3920. The van der Waals surface area contributed by atoms with Gasteiger partial charge in [0.1, 0.15) is 11.2 Å². The van der Waals surface area contributed by atoms with Gasteiger partial charge in [-0.25, -0.2) is 0 Å². The maximum Gasteiger partial charge on any atom is 0.159 e. The number of furan rings is 2. The standard InChI is InChI=1S/C71H60N2O2/c1-71(2)65-53-41-37-51(72(49-23-11-5-12-24-49)63-33-17-31-61-59-29-15-27-55(67(59)74-69(61)63)45-19-7-3-8-20-45)43-47(53)35-39-57(65)58-40-36-48-44-52(38-42-54(48)66(58)71)73(50-25-13-6-14-26-50)64-34-18-32-62-60-30-16-28-56(68(60)75-70(62)64)46-21-9-4-10-22-46/h5-6,11-18,23-46H,3-4,7-10,19-22H2,1-2H3. The summed E-state index contributed by atoms with van der Waals surface area (Å²) in [4.78, 5) is 4.79. The highest BCUT2D eigenvalue weighted by Crippen LogP contribution is 2.55. The Kier molecular flexibility index (Phi) is 10.4. The van der Waals surface area contributed by atoms with E-state index in [2.05, 4.69) is 218 Å². The van der Waals surface area contributed by atoms with E-state index in [9.17, 15) is 0 Å². The molecule has 0 spiro atoms. The summed E-state index contributed by atoms with van der Waals surface area (Å²) in [6, 6.07) is 72.1. The van der Waals surface area contributed by atoms with E-state index in [0.29, 0.717) is 11.8 Å². The number of nitrogens with zero attached hydrogens (tertiary/aromatic N) is 2. The van der Waals surface area contributed by atoms with Crippen molar-refractivity contribution in [1.82, 2.24) is 0 Å². The fraction of sp³-hybridized carbons (Fsp3) is 0.211. The molecule has 75 heavy (non-hydrogen) atoms. The van der Waals surface area contributed by atoms with Crippen molar-refractivity contribution in [1.29, 1.82) is 0 Å². The molecule has 4 heteroatoms. The number of rotatable bonds is 8. The van der Waals surface area contributed by atoms with Crippen LogP contribution in [0, 0.1) is 0 Å². The number of para-hydroxylation sites is 6. The van der Waals surface area contributed by atoms with Crippen molar-refractivity contribution in [3.05, 3.63) is 216 Å². The molecule has 2 saturated carbocycles.